The zero-order valence-electron chi connectivity index (χ0n) is 12.5. The quantitative estimate of drug-likeness (QED) is 0.644. The number of aromatic nitrogens is 3. The Morgan fingerprint density at radius 3 is 2.40 bits per heavy atom. The summed E-state index contributed by atoms with van der Waals surface area (Å²) in [6, 6.07) is 5.14. The molecular formula is C15H9Cl2F3N4S. The molecule has 0 unspecified atom stereocenters. The van der Waals surface area contributed by atoms with E-state index in [9.17, 15) is 13.2 Å². The average Bonchev–Trinajstić information content (AvgIpc) is 2.87. The van der Waals surface area contributed by atoms with Crippen LogP contribution >= 0.6 is 34.5 Å². The number of rotatable bonds is 2. The van der Waals surface area contributed by atoms with Gasteiger partial charge in [-0.15, -0.1) is 0 Å². The first kappa shape index (κ1) is 17.9. The summed E-state index contributed by atoms with van der Waals surface area (Å²) in [6.07, 6.45) is -2.98. The maximum absolute atomic E-state index is 12.8. The van der Waals surface area contributed by atoms with Gasteiger partial charge in [-0.2, -0.15) is 18.3 Å². The van der Waals surface area contributed by atoms with E-state index in [0.717, 1.165) is 33.7 Å². The molecule has 130 valence electrons. The Labute approximate surface area is 154 Å². The summed E-state index contributed by atoms with van der Waals surface area (Å²) in [6.45, 7) is 1.84. The van der Waals surface area contributed by atoms with Gasteiger partial charge in [-0.1, -0.05) is 40.6 Å². The molecule has 3 rings (SSSR count). The molecule has 0 radical (unpaired) electrons. The molecular weight excluding hydrogens is 396 g/mol. The van der Waals surface area contributed by atoms with Crippen LogP contribution < -0.4 is 4.80 Å². The third-order valence-corrected chi connectivity index (χ3v) is 4.76. The SMILES string of the molecule is Cc1cccnc1-c1nn(-c2c(Cl)cc(C(F)(F)F)cc2Cl)c(=N)s1. The van der Waals surface area contributed by atoms with Crippen molar-refractivity contribution >= 4 is 34.5 Å². The van der Waals surface area contributed by atoms with Crippen molar-refractivity contribution in [2.75, 3.05) is 0 Å². The number of pyridine rings is 1. The third-order valence-electron chi connectivity index (χ3n) is 3.34. The second-order valence-electron chi connectivity index (χ2n) is 5.08. The summed E-state index contributed by atoms with van der Waals surface area (Å²) in [4.78, 5) is 4.19. The minimum atomic E-state index is -4.57. The second-order valence-corrected chi connectivity index (χ2v) is 6.87. The minimum absolute atomic E-state index is 0.0254. The second kappa shape index (κ2) is 6.44. The van der Waals surface area contributed by atoms with Crippen LogP contribution in [0.5, 0.6) is 0 Å². The molecule has 0 spiro atoms. The maximum atomic E-state index is 12.8. The van der Waals surface area contributed by atoms with Gasteiger partial charge in [-0.25, -0.2) is 4.68 Å². The molecule has 2 aromatic heterocycles. The van der Waals surface area contributed by atoms with E-state index in [1.165, 1.54) is 0 Å². The third kappa shape index (κ3) is 3.42. The van der Waals surface area contributed by atoms with E-state index >= 15 is 0 Å². The predicted molar refractivity (Wildman–Crippen MR) is 90.3 cm³/mol. The van der Waals surface area contributed by atoms with Gasteiger partial charge in [0.15, 0.2) is 5.01 Å². The number of halogens is 5. The van der Waals surface area contributed by atoms with Crippen molar-refractivity contribution in [2.24, 2.45) is 0 Å². The molecule has 0 saturated heterocycles. The topological polar surface area (TPSA) is 54.6 Å². The molecule has 1 aromatic carbocycles. The molecule has 1 N–H and O–H groups in total. The van der Waals surface area contributed by atoms with Gasteiger partial charge in [0, 0.05) is 6.20 Å². The van der Waals surface area contributed by atoms with Crippen molar-refractivity contribution in [3.05, 3.63) is 56.4 Å². The Bertz CT molecular complexity index is 987. The molecule has 0 aliphatic carbocycles. The zero-order chi connectivity index (χ0) is 18.4. The lowest BCUT2D eigenvalue weighted by Crippen LogP contribution is -2.15. The first-order chi connectivity index (χ1) is 11.7. The van der Waals surface area contributed by atoms with Crippen LogP contribution in [0.25, 0.3) is 16.4 Å². The largest absolute Gasteiger partial charge is 0.416 e. The van der Waals surface area contributed by atoms with Crippen molar-refractivity contribution in [1.29, 1.82) is 5.41 Å². The fourth-order valence-corrected chi connectivity index (χ4v) is 3.66. The Hall–Kier alpha value is -1.90. The molecule has 10 heteroatoms. The summed E-state index contributed by atoms with van der Waals surface area (Å²) in [5.41, 5.74) is 0.499. The van der Waals surface area contributed by atoms with Gasteiger partial charge in [0.25, 0.3) is 0 Å². The summed E-state index contributed by atoms with van der Waals surface area (Å²) in [7, 11) is 0. The van der Waals surface area contributed by atoms with Crippen LogP contribution in [0.1, 0.15) is 11.1 Å². The van der Waals surface area contributed by atoms with Gasteiger partial charge in [0.2, 0.25) is 4.80 Å². The molecule has 0 fully saturated rings. The van der Waals surface area contributed by atoms with E-state index in [2.05, 4.69) is 10.1 Å². The van der Waals surface area contributed by atoms with E-state index in [-0.39, 0.29) is 20.5 Å². The van der Waals surface area contributed by atoms with Crippen molar-refractivity contribution in [3.8, 4) is 16.4 Å². The number of nitrogens with zero attached hydrogens (tertiary/aromatic N) is 3. The molecule has 2 heterocycles. The average molecular weight is 405 g/mol. The fraction of sp³-hybridized carbons (Fsp3) is 0.133. The molecule has 0 atom stereocenters. The van der Waals surface area contributed by atoms with E-state index in [0.29, 0.717) is 10.7 Å². The van der Waals surface area contributed by atoms with Crippen LogP contribution in [0.3, 0.4) is 0 Å². The number of aryl methyl sites for hydroxylation is 1. The minimum Gasteiger partial charge on any atom is -0.273 e. The lowest BCUT2D eigenvalue weighted by molar-refractivity contribution is -0.137. The van der Waals surface area contributed by atoms with E-state index < -0.39 is 11.7 Å². The van der Waals surface area contributed by atoms with E-state index in [4.69, 9.17) is 28.6 Å². The molecule has 4 nitrogen and oxygen atoms in total. The predicted octanol–water partition coefficient (Wildman–Crippen LogP) is 5.11. The lowest BCUT2D eigenvalue weighted by atomic mass is 10.2. The Balaban J connectivity index is 2.16. The number of alkyl halides is 3. The molecule has 0 aliphatic heterocycles. The van der Waals surface area contributed by atoms with Gasteiger partial charge < -0.3 is 0 Å². The number of benzene rings is 1. The van der Waals surface area contributed by atoms with Gasteiger partial charge >= 0.3 is 6.18 Å². The van der Waals surface area contributed by atoms with Crippen molar-refractivity contribution in [3.63, 3.8) is 0 Å². The Morgan fingerprint density at radius 2 is 1.84 bits per heavy atom. The van der Waals surface area contributed by atoms with Gasteiger partial charge in [0.05, 0.1) is 15.6 Å². The maximum Gasteiger partial charge on any atom is 0.416 e. The fourth-order valence-electron chi connectivity index (χ4n) is 2.18. The monoisotopic (exact) mass is 404 g/mol. The summed E-state index contributed by atoms with van der Waals surface area (Å²) >= 11 is 13.0. The number of hydrogen-bond acceptors (Lipinski definition) is 4. The highest BCUT2D eigenvalue weighted by Crippen LogP contribution is 2.37. The van der Waals surface area contributed by atoms with Crippen LogP contribution in [-0.4, -0.2) is 14.8 Å². The van der Waals surface area contributed by atoms with Gasteiger partial charge in [0.1, 0.15) is 11.4 Å². The lowest BCUT2D eigenvalue weighted by Gasteiger charge is -2.12. The Kier molecular flexibility index (Phi) is 4.61. The van der Waals surface area contributed by atoms with Crippen LogP contribution in [0.4, 0.5) is 13.2 Å². The molecule has 25 heavy (non-hydrogen) atoms. The smallest absolute Gasteiger partial charge is 0.273 e. The van der Waals surface area contributed by atoms with Crippen molar-refractivity contribution in [2.45, 2.75) is 13.1 Å². The van der Waals surface area contributed by atoms with Crippen LogP contribution in [0.2, 0.25) is 10.0 Å². The van der Waals surface area contributed by atoms with Crippen LogP contribution in [-0.2, 0) is 6.18 Å². The normalized spacial score (nSPS) is 11.8. The molecule has 0 bridgehead atoms. The molecule has 0 aliphatic rings. The highest BCUT2D eigenvalue weighted by molar-refractivity contribution is 7.12. The summed E-state index contributed by atoms with van der Waals surface area (Å²) < 4.78 is 39.7. The highest BCUT2D eigenvalue weighted by Gasteiger charge is 2.32. The van der Waals surface area contributed by atoms with Crippen LogP contribution in [0.15, 0.2) is 30.5 Å². The van der Waals surface area contributed by atoms with Crippen molar-refractivity contribution < 1.29 is 13.2 Å². The standard InChI is InChI=1S/C15H9Cl2F3N4S/c1-7-3-2-4-22-11(7)13-23-24(14(21)25-13)12-9(16)5-8(6-10(12)17)15(18,19)20/h2-6,21H,1H3. The first-order valence-electron chi connectivity index (χ1n) is 6.82. The van der Waals surface area contributed by atoms with Crippen molar-refractivity contribution in [1.82, 2.24) is 14.8 Å². The number of hydrogen-bond donors (Lipinski definition) is 1. The van der Waals surface area contributed by atoms with Gasteiger partial charge in [-0.05, 0) is 30.7 Å². The number of nitrogens with one attached hydrogen (secondary N) is 1. The highest BCUT2D eigenvalue weighted by atomic mass is 35.5. The first-order valence-corrected chi connectivity index (χ1v) is 8.39. The van der Waals surface area contributed by atoms with E-state index in [1.807, 2.05) is 13.0 Å². The zero-order valence-corrected chi connectivity index (χ0v) is 14.9. The molecule has 0 amide bonds. The summed E-state index contributed by atoms with van der Waals surface area (Å²) in [5.74, 6) is 0. The van der Waals surface area contributed by atoms with Gasteiger partial charge in [-0.3, -0.25) is 10.4 Å². The molecule has 3 aromatic rings. The van der Waals surface area contributed by atoms with Crippen LogP contribution in [0, 0.1) is 12.3 Å². The Morgan fingerprint density at radius 1 is 1.20 bits per heavy atom. The molecule has 0 saturated carbocycles. The summed E-state index contributed by atoms with van der Waals surface area (Å²) in [5, 5.41) is 12.3. The van der Waals surface area contributed by atoms with E-state index in [1.54, 1.807) is 12.3 Å².